The molecule has 1 aliphatic heterocycles. The zero-order chi connectivity index (χ0) is 17.2. The van der Waals surface area contributed by atoms with Crippen molar-refractivity contribution in [1.29, 1.82) is 0 Å². The van der Waals surface area contributed by atoms with Crippen LogP contribution in [0.4, 0.5) is 5.69 Å². The van der Waals surface area contributed by atoms with Crippen molar-refractivity contribution in [3.63, 3.8) is 0 Å². The fraction of sp³-hybridized carbons (Fsp3) is 0.333. The van der Waals surface area contributed by atoms with E-state index in [-0.39, 0.29) is 4.90 Å². The number of hydrogen-bond acceptors (Lipinski definition) is 4. The Morgan fingerprint density at radius 2 is 2.08 bits per heavy atom. The van der Waals surface area contributed by atoms with Crippen LogP contribution in [0, 0.1) is 0 Å². The molecule has 5 nitrogen and oxygen atoms in total. The van der Waals surface area contributed by atoms with Crippen LogP contribution in [0.1, 0.15) is 23.6 Å². The molecular weight excluding hydrogens is 324 g/mol. The third-order valence-electron chi connectivity index (χ3n) is 4.32. The maximum atomic E-state index is 12.9. The predicted molar refractivity (Wildman–Crippen MR) is 95.0 cm³/mol. The first-order valence-electron chi connectivity index (χ1n) is 8.06. The Bertz CT molecular complexity index is 847. The average molecular weight is 346 g/mol. The zero-order valence-corrected chi connectivity index (χ0v) is 14.7. The van der Waals surface area contributed by atoms with Gasteiger partial charge in [0.1, 0.15) is 10.6 Å². The Morgan fingerprint density at radius 1 is 1.25 bits per heavy atom. The number of rotatable bonds is 5. The molecule has 0 saturated heterocycles. The van der Waals surface area contributed by atoms with E-state index in [1.807, 2.05) is 25.1 Å². The lowest BCUT2D eigenvalue weighted by molar-refractivity contribution is 0.402. The van der Waals surface area contributed by atoms with Gasteiger partial charge in [-0.1, -0.05) is 25.1 Å². The molecule has 0 amide bonds. The van der Waals surface area contributed by atoms with Gasteiger partial charge in [-0.15, -0.1) is 0 Å². The fourth-order valence-corrected chi connectivity index (χ4v) is 4.27. The molecule has 1 aliphatic rings. The van der Waals surface area contributed by atoms with Crippen LogP contribution >= 0.6 is 0 Å². The highest BCUT2D eigenvalue weighted by Gasteiger charge is 2.22. The first-order chi connectivity index (χ1) is 11.5. The molecule has 2 aromatic rings. The van der Waals surface area contributed by atoms with Crippen molar-refractivity contribution in [3.05, 3.63) is 53.1 Å². The standard InChI is InChI=1S/C18H22N2O3S/c1-3-13-7-8-17(23-2)18(11-13)24(21,22)20-16-6-4-5-14-9-10-19-12-15(14)16/h4-8,11,19-20H,3,9-10,12H2,1-2H3. The molecule has 2 aromatic carbocycles. The summed E-state index contributed by atoms with van der Waals surface area (Å²) in [6.07, 6.45) is 1.66. The number of aryl methyl sites for hydroxylation is 1. The van der Waals surface area contributed by atoms with Crippen LogP contribution in [0.25, 0.3) is 0 Å². The molecule has 0 unspecified atom stereocenters. The third-order valence-corrected chi connectivity index (χ3v) is 5.70. The lowest BCUT2D eigenvalue weighted by Gasteiger charge is -2.21. The molecule has 0 aromatic heterocycles. The quantitative estimate of drug-likeness (QED) is 0.873. The minimum absolute atomic E-state index is 0.172. The molecule has 3 rings (SSSR count). The van der Waals surface area contributed by atoms with Gasteiger partial charge in [-0.25, -0.2) is 8.42 Å². The van der Waals surface area contributed by atoms with Crippen LogP contribution in [0.5, 0.6) is 5.75 Å². The average Bonchev–Trinajstić information content (AvgIpc) is 2.61. The number of sulfonamides is 1. The van der Waals surface area contributed by atoms with E-state index in [1.165, 1.54) is 12.7 Å². The normalized spacial score (nSPS) is 14.1. The molecule has 0 bridgehead atoms. The van der Waals surface area contributed by atoms with Crippen molar-refractivity contribution in [2.75, 3.05) is 18.4 Å². The summed E-state index contributed by atoms with van der Waals surface area (Å²) in [6.45, 7) is 3.57. The summed E-state index contributed by atoms with van der Waals surface area (Å²) >= 11 is 0. The van der Waals surface area contributed by atoms with Crippen molar-refractivity contribution >= 4 is 15.7 Å². The topological polar surface area (TPSA) is 67.4 Å². The molecule has 0 spiro atoms. The summed E-state index contributed by atoms with van der Waals surface area (Å²) < 4.78 is 33.8. The van der Waals surface area contributed by atoms with Gasteiger partial charge < -0.3 is 10.1 Å². The highest BCUT2D eigenvalue weighted by atomic mass is 32.2. The minimum Gasteiger partial charge on any atom is -0.495 e. The van der Waals surface area contributed by atoms with E-state index in [2.05, 4.69) is 10.0 Å². The lowest BCUT2D eigenvalue weighted by Crippen LogP contribution is -2.25. The number of ether oxygens (including phenoxy) is 1. The van der Waals surface area contributed by atoms with E-state index < -0.39 is 10.0 Å². The van der Waals surface area contributed by atoms with Gasteiger partial charge in [0.15, 0.2) is 0 Å². The zero-order valence-electron chi connectivity index (χ0n) is 13.9. The number of fused-ring (bicyclic) bond motifs is 1. The molecule has 0 atom stereocenters. The first-order valence-corrected chi connectivity index (χ1v) is 9.54. The van der Waals surface area contributed by atoms with E-state index in [1.54, 1.807) is 18.2 Å². The molecule has 6 heteroatoms. The Labute approximate surface area is 143 Å². The van der Waals surface area contributed by atoms with Gasteiger partial charge in [0.05, 0.1) is 12.8 Å². The molecule has 1 heterocycles. The summed E-state index contributed by atoms with van der Waals surface area (Å²) in [5.41, 5.74) is 3.78. The number of anilines is 1. The SMILES string of the molecule is CCc1ccc(OC)c(S(=O)(=O)Nc2cccc3c2CNCC3)c1. The predicted octanol–water partition coefficient (Wildman–Crippen LogP) is 2.70. The smallest absolute Gasteiger partial charge is 0.265 e. The Balaban J connectivity index is 2.01. The Morgan fingerprint density at radius 3 is 2.83 bits per heavy atom. The third kappa shape index (κ3) is 3.25. The molecule has 0 aliphatic carbocycles. The number of methoxy groups -OCH3 is 1. The Kier molecular flexibility index (Phi) is 4.78. The van der Waals surface area contributed by atoms with Gasteiger partial charge in [0, 0.05) is 6.54 Å². The second-order valence-corrected chi connectivity index (χ2v) is 7.47. The summed E-state index contributed by atoms with van der Waals surface area (Å²) in [5.74, 6) is 0.350. The van der Waals surface area contributed by atoms with E-state index in [9.17, 15) is 8.42 Å². The van der Waals surface area contributed by atoms with Gasteiger partial charge in [-0.05, 0) is 54.3 Å². The number of benzene rings is 2. The van der Waals surface area contributed by atoms with Crippen molar-refractivity contribution in [2.24, 2.45) is 0 Å². The number of hydrogen-bond donors (Lipinski definition) is 2. The summed E-state index contributed by atoms with van der Waals surface area (Å²) in [6, 6.07) is 11.0. The van der Waals surface area contributed by atoms with Crippen LogP contribution in [-0.4, -0.2) is 22.1 Å². The Hall–Kier alpha value is -2.05. The van der Waals surface area contributed by atoms with Crippen molar-refractivity contribution in [2.45, 2.75) is 31.2 Å². The van der Waals surface area contributed by atoms with E-state index in [0.717, 1.165) is 30.5 Å². The molecule has 0 fully saturated rings. The van der Waals surface area contributed by atoms with Crippen LogP contribution in [0.2, 0.25) is 0 Å². The molecule has 0 radical (unpaired) electrons. The van der Waals surface area contributed by atoms with Crippen LogP contribution < -0.4 is 14.8 Å². The van der Waals surface area contributed by atoms with Gasteiger partial charge in [0.25, 0.3) is 10.0 Å². The minimum atomic E-state index is -3.72. The molecule has 0 saturated carbocycles. The van der Waals surface area contributed by atoms with Gasteiger partial charge in [0.2, 0.25) is 0 Å². The van der Waals surface area contributed by atoms with Crippen LogP contribution in [-0.2, 0) is 29.4 Å². The second-order valence-electron chi connectivity index (χ2n) is 5.81. The summed E-state index contributed by atoms with van der Waals surface area (Å²) in [5, 5.41) is 3.29. The van der Waals surface area contributed by atoms with Crippen LogP contribution in [0.3, 0.4) is 0 Å². The maximum Gasteiger partial charge on any atom is 0.265 e. The van der Waals surface area contributed by atoms with Gasteiger partial charge >= 0.3 is 0 Å². The maximum absolute atomic E-state index is 12.9. The van der Waals surface area contributed by atoms with Crippen molar-refractivity contribution in [1.82, 2.24) is 5.32 Å². The largest absolute Gasteiger partial charge is 0.495 e. The monoisotopic (exact) mass is 346 g/mol. The highest BCUT2D eigenvalue weighted by Crippen LogP contribution is 2.30. The summed E-state index contributed by atoms with van der Waals surface area (Å²) in [7, 11) is -2.24. The molecular formula is C18H22N2O3S. The fourth-order valence-electron chi connectivity index (χ4n) is 2.96. The highest BCUT2D eigenvalue weighted by molar-refractivity contribution is 7.92. The molecule has 2 N–H and O–H groups in total. The van der Waals surface area contributed by atoms with Gasteiger partial charge in [-0.3, -0.25) is 4.72 Å². The first kappa shape index (κ1) is 16.8. The van der Waals surface area contributed by atoms with E-state index >= 15 is 0 Å². The molecule has 128 valence electrons. The molecule has 24 heavy (non-hydrogen) atoms. The van der Waals surface area contributed by atoms with E-state index in [0.29, 0.717) is 18.0 Å². The van der Waals surface area contributed by atoms with Crippen molar-refractivity contribution in [3.8, 4) is 5.75 Å². The van der Waals surface area contributed by atoms with Crippen molar-refractivity contribution < 1.29 is 13.2 Å². The van der Waals surface area contributed by atoms with Gasteiger partial charge in [-0.2, -0.15) is 0 Å². The lowest BCUT2D eigenvalue weighted by atomic mass is 10.00. The van der Waals surface area contributed by atoms with E-state index in [4.69, 9.17) is 4.74 Å². The second kappa shape index (κ2) is 6.83. The van der Waals surface area contributed by atoms with Crippen LogP contribution in [0.15, 0.2) is 41.3 Å². The summed E-state index contributed by atoms with van der Waals surface area (Å²) in [4.78, 5) is 0.172. The number of nitrogens with one attached hydrogen (secondary N) is 2.